The van der Waals surface area contributed by atoms with Crippen molar-refractivity contribution in [1.82, 2.24) is 4.98 Å². The fraction of sp³-hybridized carbons (Fsp3) is 0. The van der Waals surface area contributed by atoms with Crippen LogP contribution >= 0.6 is 31.9 Å². The van der Waals surface area contributed by atoms with Gasteiger partial charge in [-0.2, -0.15) is 0 Å². The van der Waals surface area contributed by atoms with Crippen LogP contribution in [0.15, 0.2) is 62.5 Å². The van der Waals surface area contributed by atoms with E-state index in [2.05, 4.69) is 41.8 Å². The van der Waals surface area contributed by atoms with E-state index in [1.807, 2.05) is 48.5 Å². The topological polar surface area (TPSA) is 65.4 Å². The van der Waals surface area contributed by atoms with Crippen LogP contribution < -0.4 is 0 Å². The van der Waals surface area contributed by atoms with Crippen molar-refractivity contribution < 1.29 is 9.90 Å². The lowest BCUT2D eigenvalue weighted by Gasteiger charge is -2.03. The first-order valence-electron chi connectivity index (χ1n) is 7.16. The van der Waals surface area contributed by atoms with E-state index >= 15 is 0 Å². The molecule has 6 heteroatoms. The SMILES string of the molecule is O=C1N=C(c2ccccc2Br)c2c(O)[nH]c(-c3ccccc3Br)c21. The largest absolute Gasteiger partial charge is 0.494 e. The number of aromatic hydroxyl groups is 1. The third-order valence-corrected chi connectivity index (χ3v) is 5.30. The highest BCUT2D eigenvalue weighted by Gasteiger charge is 2.34. The number of benzene rings is 2. The molecule has 118 valence electrons. The Balaban J connectivity index is 1.95. The number of rotatable bonds is 2. The molecule has 3 aromatic rings. The summed E-state index contributed by atoms with van der Waals surface area (Å²) in [4.78, 5) is 19.6. The second kappa shape index (κ2) is 5.72. The van der Waals surface area contributed by atoms with Crippen LogP contribution in [-0.2, 0) is 0 Å². The van der Waals surface area contributed by atoms with Crippen molar-refractivity contribution in [2.45, 2.75) is 0 Å². The Kier molecular flexibility index (Phi) is 3.66. The molecule has 24 heavy (non-hydrogen) atoms. The minimum atomic E-state index is -0.363. The maximum atomic E-state index is 12.5. The predicted octanol–water partition coefficient (Wildman–Crippen LogP) is 4.90. The number of nitrogens with zero attached hydrogens (tertiary/aromatic N) is 1. The molecule has 0 aliphatic carbocycles. The van der Waals surface area contributed by atoms with E-state index in [9.17, 15) is 9.90 Å². The standard InChI is InChI=1S/C18H10Br2N2O2/c19-11-7-3-1-5-9(11)15-13-14(18(24)21-15)16(22-17(13)23)10-6-2-4-8-12(10)20/h1-8,21,24H. The minimum absolute atomic E-state index is 0.0592. The van der Waals surface area contributed by atoms with Gasteiger partial charge in [-0.05, 0) is 12.1 Å². The van der Waals surface area contributed by atoms with E-state index in [-0.39, 0.29) is 11.8 Å². The fourth-order valence-electron chi connectivity index (χ4n) is 2.86. The molecule has 0 atom stereocenters. The summed E-state index contributed by atoms with van der Waals surface area (Å²) in [7, 11) is 0. The van der Waals surface area contributed by atoms with Gasteiger partial charge >= 0.3 is 0 Å². The molecule has 0 bridgehead atoms. The summed E-state index contributed by atoms with van der Waals surface area (Å²) in [6.07, 6.45) is 0. The molecule has 1 aromatic heterocycles. The average molecular weight is 446 g/mol. The third-order valence-electron chi connectivity index (χ3n) is 3.92. The van der Waals surface area contributed by atoms with Crippen LogP contribution in [0, 0.1) is 0 Å². The Bertz CT molecular complexity index is 1020. The van der Waals surface area contributed by atoms with E-state index in [1.54, 1.807) is 0 Å². The smallest absolute Gasteiger partial charge is 0.280 e. The number of hydrogen-bond donors (Lipinski definition) is 2. The lowest BCUT2D eigenvalue weighted by Crippen LogP contribution is -2.00. The molecule has 1 aliphatic heterocycles. The van der Waals surface area contributed by atoms with Crippen molar-refractivity contribution >= 4 is 43.5 Å². The van der Waals surface area contributed by atoms with Crippen molar-refractivity contribution in [3.63, 3.8) is 0 Å². The molecule has 0 unspecified atom stereocenters. The van der Waals surface area contributed by atoms with Crippen LogP contribution in [-0.4, -0.2) is 21.7 Å². The number of aromatic amines is 1. The van der Waals surface area contributed by atoms with Gasteiger partial charge < -0.3 is 10.1 Å². The Morgan fingerprint density at radius 2 is 1.46 bits per heavy atom. The Morgan fingerprint density at radius 1 is 0.875 bits per heavy atom. The number of carbonyl (C=O) groups is 1. The molecule has 2 aromatic carbocycles. The molecule has 0 saturated heterocycles. The van der Waals surface area contributed by atoms with Gasteiger partial charge in [0.15, 0.2) is 5.88 Å². The lowest BCUT2D eigenvalue weighted by atomic mass is 10.0. The Labute approximate surface area is 154 Å². The Morgan fingerprint density at radius 3 is 2.08 bits per heavy atom. The summed E-state index contributed by atoms with van der Waals surface area (Å²) in [6, 6.07) is 15.0. The predicted molar refractivity (Wildman–Crippen MR) is 99.7 cm³/mol. The molecule has 2 heterocycles. The molecule has 0 radical (unpaired) electrons. The van der Waals surface area contributed by atoms with Crippen molar-refractivity contribution in [2.24, 2.45) is 4.99 Å². The first-order chi connectivity index (χ1) is 11.6. The molecule has 2 N–H and O–H groups in total. The van der Waals surface area contributed by atoms with Gasteiger partial charge in [-0.15, -0.1) is 0 Å². The lowest BCUT2D eigenvalue weighted by molar-refractivity contribution is 0.101. The number of aromatic nitrogens is 1. The highest BCUT2D eigenvalue weighted by Crippen LogP contribution is 2.40. The molecular formula is C18H10Br2N2O2. The number of nitrogens with one attached hydrogen (secondary N) is 1. The summed E-state index contributed by atoms with van der Waals surface area (Å²) in [6.45, 7) is 0. The number of amides is 1. The van der Waals surface area contributed by atoms with E-state index < -0.39 is 0 Å². The van der Waals surface area contributed by atoms with Crippen molar-refractivity contribution in [2.75, 3.05) is 0 Å². The van der Waals surface area contributed by atoms with Crippen molar-refractivity contribution in [1.29, 1.82) is 0 Å². The van der Waals surface area contributed by atoms with Crippen LogP contribution in [0.2, 0.25) is 0 Å². The van der Waals surface area contributed by atoms with Gasteiger partial charge in [0, 0.05) is 20.1 Å². The zero-order chi connectivity index (χ0) is 16.8. The molecular weight excluding hydrogens is 436 g/mol. The number of halogens is 2. The molecule has 1 aliphatic rings. The summed E-state index contributed by atoms with van der Waals surface area (Å²) >= 11 is 6.96. The first-order valence-corrected chi connectivity index (χ1v) is 8.74. The minimum Gasteiger partial charge on any atom is -0.494 e. The van der Waals surface area contributed by atoms with Crippen LogP contribution in [0.5, 0.6) is 5.88 Å². The number of carbonyl (C=O) groups excluding carboxylic acids is 1. The third kappa shape index (κ3) is 2.25. The molecule has 0 fully saturated rings. The number of hydrogen-bond acceptors (Lipinski definition) is 2. The average Bonchev–Trinajstić information content (AvgIpc) is 3.08. The quantitative estimate of drug-likeness (QED) is 0.588. The summed E-state index contributed by atoms with van der Waals surface area (Å²) in [5, 5.41) is 10.4. The number of aliphatic imine (C=N–C) groups is 1. The maximum absolute atomic E-state index is 12.5. The van der Waals surface area contributed by atoms with Crippen LogP contribution in [0.3, 0.4) is 0 Å². The van der Waals surface area contributed by atoms with Gasteiger partial charge in [-0.1, -0.05) is 68.3 Å². The maximum Gasteiger partial charge on any atom is 0.280 e. The van der Waals surface area contributed by atoms with Gasteiger partial charge in [0.2, 0.25) is 0 Å². The van der Waals surface area contributed by atoms with Crippen molar-refractivity contribution in [3.8, 4) is 17.1 Å². The zero-order valence-electron chi connectivity index (χ0n) is 12.2. The molecule has 0 saturated carbocycles. The van der Waals surface area contributed by atoms with Gasteiger partial charge in [-0.25, -0.2) is 4.99 Å². The van der Waals surface area contributed by atoms with Gasteiger partial charge in [0.05, 0.1) is 22.5 Å². The second-order valence-electron chi connectivity index (χ2n) is 5.32. The van der Waals surface area contributed by atoms with Gasteiger partial charge in [0.1, 0.15) is 0 Å². The number of fused-ring (bicyclic) bond motifs is 1. The van der Waals surface area contributed by atoms with E-state index in [0.29, 0.717) is 22.5 Å². The van der Waals surface area contributed by atoms with E-state index in [1.165, 1.54) is 0 Å². The normalized spacial score (nSPS) is 13.1. The van der Waals surface area contributed by atoms with Crippen LogP contribution in [0.25, 0.3) is 11.3 Å². The first kappa shape index (κ1) is 15.4. The van der Waals surface area contributed by atoms with E-state index in [0.717, 1.165) is 20.1 Å². The second-order valence-corrected chi connectivity index (χ2v) is 7.03. The highest BCUT2D eigenvalue weighted by molar-refractivity contribution is 9.10. The Hall–Kier alpha value is -2.18. The van der Waals surface area contributed by atoms with Crippen molar-refractivity contribution in [3.05, 3.63) is 74.2 Å². The highest BCUT2D eigenvalue weighted by atomic mass is 79.9. The van der Waals surface area contributed by atoms with E-state index in [4.69, 9.17) is 0 Å². The van der Waals surface area contributed by atoms with Crippen LogP contribution in [0.1, 0.15) is 21.5 Å². The zero-order valence-corrected chi connectivity index (χ0v) is 15.3. The summed E-state index contributed by atoms with van der Waals surface area (Å²) in [5.74, 6) is -0.422. The van der Waals surface area contributed by atoms with Gasteiger partial charge in [0.25, 0.3) is 5.91 Å². The molecule has 1 amide bonds. The fourth-order valence-corrected chi connectivity index (χ4v) is 3.81. The summed E-state index contributed by atoms with van der Waals surface area (Å²) in [5.41, 5.74) is 3.42. The monoisotopic (exact) mass is 444 g/mol. The molecule has 4 rings (SSSR count). The number of H-pyrrole nitrogens is 1. The van der Waals surface area contributed by atoms with Gasteiger partial charge in [-0.3, -0.25) is 4.79 Å². The summed E-state index contributed by atoms with van der Waals surface area (Å²) < 4.78 is 1.64. The molecule has 0 spiro atoms. The van der Waals surface area contributed by atoms with Crippen LogP contribution in [0.4, 0.5) is 0 Å². The molecule has 4 nitrogen and oxygen atoms in total.